The molecule has 1 saturated heterocycles. The van der Waals surface area contributed by atoms with Crippen molar-refractivity contribution >= 4 is 0 Å². The maximum atomic E-state index is 13.7. The molecule has 1 fully saturated rings. The van der Waals surface area contributed by atoms with Crippen LogP contribution in [0.5, 0.6) is 5.75 Å². The van der Waals surface area contributed by atoms with Gasteiger partial charge in [-0.05, 0) is 26.1 Å². The third kappa shape index (κ3) is 2.18. The van der Waals surface area contributed by atoms with Gasteiger partial charge in [0.15, 0.2) is 0 Å². The van der Waals surface area contributed by atoms with E-state index in [1.54, 1.807) is 19.2 Å². The van der Waals surface area contributed by atoms with Crippen LogP contribution in [0.15, 0.2) is 18.2 Å². The minimum atomic E-state index is -0.236. The second-order valence-electron chi connectivity index (χ2n) is 3.94. The zero-order valence-electron chi connectivity index (χ0n) is 9.50. The van der Waals surface area contributed by atoms with Gasteiger partial charge in [0.1, 0.15) is 17.7 Å². The van der Waals surface area contributed by atoms with E-state index in [0.29, 0.717) is 24.5 Å². The van der Waals surface area contributed by atoms with E-state index in [2.05, 4.69) is 5.32 Å². The van der Waals surface area contributed by atoms with Crippen LogP contribution in [0.1, 0.15) is 18.5 Å². The first-order chi connectivity index (χ1) is 7.72. The summed E-state index contributed by atoms with van der Waals surface area (Å²) in [4.78, 5) is 0. The molecule has 1 aliphatic heterocycles. The lowest BCUT2D eigenvalue weighted by atomic mass is 10.1. The Morgan fingerprint density at radius 3 is 2.81 bits per heavy atom. The zero-order valence-corrected chi connectivity index (χ0v) is 9.50. The van der Waals surface area contributed by atoms with Gasteiger partial charge in [0.05, 0.1) is 13.2 Å². The minimum Gasteiger partial charge on any atom is -0.485 e. The maximum Gasteiger partial charge on any atom is 0.145 e. The lowest BCUT2D eigenvalue weighted by molar-refractivity contribution is -0.0802. The highest BCUT2D eigenvalue weighted by atomic mass is 19.1. The van der Waals surface area contributed by atoms with E-state index in [-0.39, 0.29) is 18.0 Å². The summed E-state index contributed by atoms with van der Waals surface area (Å²) in [6, 6.07) is 4.84. The smallest absolute Gasteiger partial charge is 0.145 e. The molecular formula is C12H16FNO2. The lowest BCUT2D eigenvalue weighted by Crippen LogP contribution is -2.39. The molecule has 1 aromatic carbocycles. The number of hydrogen-bond donors (Lipinski definition) is 1. The van der Waals surface area contributed by atoms with Crippen LogP contribution in [-0.4, -0.2) is 26.4 Å². The summed E-state index contributed by atoms with van der Waals surface area (Å²) in [5, 5.41) is 3.02. The molecule has 1 unspecified atom stereocenters. The minimum absolute atomic E-state index is 0.0598. The van der Waals surface area contributed by atoms with Crippen LogP contribution in [0.2, 0.25) is 0 Å². The summed E-state index contributed by atoms with van der Waals surface area (Å²) < 4.78 is 24.4. The van der Waals surface area contributed by atoms with Crippen LogP contribution in [0, 0.1) is 5.82 Å². The molecule has 0 aliphatic carbocycles. The molecule has 1 heterocycles. The van der Waals surface area contributed by atoms with Gasteiger partial charge in [-0.1, -0.05) is 6.07 Å². The highest BCUT2D eigenvalue weighted by molar-refractivity contribution is 5.37. The van der Waals surface area contributed by atoms with Crippen LogP contribution in [0.4, 0.5) is 4.39 Å². The average molecular weight is 225 g/mol. The largest absolute Gasteiger partial charge is 0.485 e. The fourth-order valence-electron chi connectivity index (χ4n) is 1.65. The molecule has 16 heavy (non-hydrogen) atoms. The molecular weight excluding hydrogens is 209 g/mol. The Balaban J connectivity index is 2.23. The molecule has 0 spiro atoms. The Bertz CT molecular complexity index is 366. The number of benzene rings is 1. The standard InChI is InChI=1S/C12H16FNO2/c1-8(14-2)12-10(13)4-3-5-11(12)16-9-6-15-7-9/h3-5,8-9,14H,6-7H2,1-2H3. The Morgan fingerprint density at radius 2 is 2.25 bits per heavy atom. The van der Waals surface area contributed by atoms with Crippen molar-refractivity contribution in [3.05, 3.63) is 29.6 Å². The molecule has 1 aromatic rings. The number of hydrogen-bond acceptors (Lipinski definition) is 3. The maximum absolute atomic E-state index is 13.7. The first-order valence-electron chi connectivity index (χ1n) is 5.42. The van der Waals surface area contributed by atoms with Crippen LogP contribution < -0.4 is 10.1 Å². The van der Waals surface area contributed by atoms with Gasteiger partial charge in [0, 0.05) is 11.6 Å². The highest BCUT2D eigenvalue weighted by Gasteiger charge is 2.23. The number of ether oxygens (including phenoxy) is 2. The number of rotatable bonds is 4. The van der Waals surface area contributed by atoms with Crippen molar-refractivity contribution in [3.8, 4) is 5.75 Å². The van der Waals surface area contributed by atoms with Crippen LogP contribution in [0.25, 0.3) is 0 Å². The average Bonchev–Trinajstić information content (AvgIpc) is 2.22. The molecule has 1 N–H and O–H groups in total. The zero-order chi connectivity index (χ0) is 11.5. The Kier molecular flexibility index (Phi) is 3.41. The second kappa shape index (κ2) is 4.80. The number of nitrogens with one attached hydrogen (secondary N) is 1. The summed E-state index contributed by atoms with van der Waals surface area (Å²) in [7, 11) is 1.80. The van der Waals surface area contributed by atoms with Gasteiger partial charge >= 0.3 is 0 Å². The van der Waals surface area contributed by atoms with E-state index in [0.717, 1.165) is 0 Å². The molecule has 1 atom stereocenters. The van der Waals surface area contributed by atoms with Crippen molar-refractivity contribution in [1.29, 1.82) is 0 Å². The molecule has 1 aliphatic rings. The Hall–Kier alpha value is -1.13. The van der Waals surface area contributed by atoms with E-state index >= 15 is 0 Å². The predicted octanol–water partition coefficient (Wildman–Crippen LogP) is 1.88. The molecule has 0 amide bonds. The summed E-state index contributed by atoms with van der Waals surface area (Å²) in [6.07, 6.45) is 0.0598. The van der Waals surface area contributed by atoms with E-state index in [4.69, 9.17) is 9.47 Å². The molecule has 0 bridgehead atoms. The molecule has 0 aromatic heterocycles. The molecule has 0 saturated carbocycles. The summed E-state index contributed by atoms with van der Waals surface area (Å²) in [6.45, 7) is 3.08. The topological polar surface area (TPSA) is 30.5 Å². The quantitative estimate of drug-likeness (QED) is 0.848. The molecule has 3 nitrogen and oxygen atoms in total. The first kappa shape index (κ1) is 11.4. The van der Waals surface area contributed by atoms with Gasteiger partial charge in [-0.15, -0.1) is 0 Å². The van der Waals surface area contributed by atoms with Gasteiger partial charge in [-0.25, -0.2) is 4.39 Å². The van der Waals surface area contributed by atoms with Gasteiger partial charge < -0.3 is 14.8 Å². The fraction of sp³-hybridized carbons (Fsp3) is 0.500. The van der Waals surface area contributed by atoms with Gasteiger partial charge in [0.2, 0.25) is 0 Å². The monoisotopic (exact) mass is 225 g/mol. The lowest BCUT2D eigenvalue weighted by Gasteiger charge is -2.28. The van der Waals surface area contributed by atoms with E-state index in [1.165, 1.54) is 6.07 Å². The molecule has 88 valence electrons. The Labute approximate surface area is 94.6 Å². The van der Waals surface area contributed by atoms with Crippen LogP contribution >= 0.6 is 0 Å². The normalized spacial score (nSPS) is 17.9. The summed E-state index contributed by atoms with van der Waals surface area (Å²) >= 11 is 0. The van der Waals surface area contributed by atoms with Crippen molar-refractivity contribution in [3.63, 3.8) is 0 Å². The third-order valence-corrected chi connectivity index (χ3v) is 2.78. The molecule has 0 radical (unpaired) electrons. The van der Waals surface area contributed by atoms with Crippen molar-refractivity contribution < 1.29 is 13.9 Å². The van der Waals surface area contributed by atoms with E-state index in [9.17, 15) is 4.39 Å². The van der Waals surface area contributed by atoms with E-state index in [1.807, 2.05) is 6.92 Å². The second-order valence-corrected chi connectivity index (χ2v) is 3.94. The Morgan fingerprint density at radius 1 is 1.50 bits per heavy atom. The molecule has 2 rings (SSSR count). The number of halogens is 1. The van der Waals surface area contributed by atoms with Crippen molar-refractivity contribution in [2.75, 3.05) is 20.3 Å². The van der Waals surface area contributed by atoms with Gasteiger partial charge in [-0.2, -0.15) is 0 Å². The van der Waals surface area contributed by atoms with Gasteiger partial charge in [-0.3, -0.25) is 0 Å². The van der Waals surface area contributed by atoms with E-state index < -0.39 is 0 Å². The van der Waals surface area contributed by atoms with Gasteiger partial charge in [0.25, 0.3) is 0 Å². The highest BCUT2D eigenvalue weighted by Crippen LogP contribution is 2.29. The third-order valence-electron chi connectivity index (χ3n) is 2.78. The van der Waals surface area contributed by atoms with Crippen molar-refractivity contribution in [1.82, 2.24) is 5.32 Å². The van der Waals surface area contributed by atoms with Crippen LogP contribution in [-0.2, 0) is 4.74 Å². The van der Waals surface area contributed by atoms with Crippen molar-refractivity contribution in [2.24, 2.45) is 0 Å². The molecule has 4 heteroatoms. The summed E-state index contributed by atoms with van der Waals surface area (Å²) in [5.74, 6) is 0.370. The fourth-order valence-corrected chi connectivity index (χ4v) is 1.65. The van der Waals surface area contributed by atoms with Crippen molar-refractivity contribution in [2.45, 2.75) is 19.1 Å². The predicted molar refractivity (Wildman–Crippen MR) is 59.1 cm³/mol. The summed E-state index contributed by atoms with van der Waals surface area (Å²) in [5.41, 5.74) is 0.580. The first-order valence-corrected chi connectivity index (χ1v) is 5.42. The SMILES string of the molecule is CNC(C)c1c(F)cccc1OC1COC1. The van der Waals surface area contributed by atoms with Crippen LogP contribution in [0.3, 0.4) is 0 Å².